The second-order valence-corrected chi connectivity index (χ2v) is 10.1. The molecular formula is C21H23N3O3S2. The number of amides is 1. The fraction of sp³-hybridized carbons (Fsp3) is 0.238. The first-order chi connectivity index (χ1) is 13.7. The molecule has 0 aliphatic heterocycles. The summed E-state index contributed by atoms with van der Waals surface area (Å²) in [5, 5.41) is 5.18. The maximum absolute atomic E-state index is 12.6. The summed E-state index contributed by atoms with van der Waals surface area (Å²) in [5.74, 6) is 0.0689. The Balaban J connectivity index is 1.77. The highest BCUT2D eigenvalue weighted by Crippen LogP contribution is 2.26. The van der Waals surface area contributed by atoms with Crippen molar-refractivity contribution in [2.75, 3.05) is 19.4 Å². The number of benzene rings is 2. The summed E-state index contributed by atoms with van der Waals surface area (Å²) in [7, 11) is -0.646. The molecule has 8 heteroatoms. The van der Waals surface area contributed by atoms with Gasteiger partial charge in [-0.05, 0) is 29.7 Å². The molecule has 2 aromatic carbocycles. The maximum Gasteiger partial charge on any atom is 0.275 e. The molecule has 6 nitrogen and oxygen atoms in total. The van der Waals surface area contributed by atoms with Gasteiger partial charge in [-0.3, -0.25) is 4.79 Å². The van der Waals surface area contributed by atoms with Crippen molar-refractivity contribution in [3.05, 3.63) is 65.2 Å². The molecule has 0 saturated heterocycles. The molecule has 0 aliphatic carbocycles. The lowest BCUT2D eigenvalue weighted by atomic mass is 10.0. The highest BCUT2D eigenvalue weighted by molar-refractivity contribution is 7.89. The minimum atomic E-state index is -3.57. The molecule has 0 spiro atoms. The topological polar surface area (TPSA) is 79.4 Å². The number of sulfonamides is 1. The Labute approximate surface area is 175 Å². The van der Waals surface area contributed by atoms with Crippen molar-refractivity contribution >= 4 is 33.0 Å². The molecule has 3 rings (SSSR count). The van der Waals surface area contributed by atoms with Crippen molar-refractivity contribution in [2.24, 2.45) is 0 Å². The molecule has 1 amide bonds. The average molecular weight is 430 g/mol. The van der Waals surface area contributed by atoms with E-state index in [1.165, 1.54) is 43.1 Å². The molecule has 3 aromatic rings. The van der Waals surface area contributed by atoms with Gasteiger partial charge in [0.2, 0.25) is 10.0 Å². The van der Waals surface area contributed by atoms with Gasteiger partial charge in [-0.25, -0.2) is 17.7 Å². The van der Waals surface area contributed by atoms with E-state index in [1.807, 2.05) is 12.1 Å². The van der Waals surface area contributed by atoms with Gasteiger partial charge in [0.15, 0.2) is 0 Å². The Morgan fingerprint density at radius 2 is 1.79 bits per heavy atom. The number of rotatable bonds is 6. The zero-order valence-corrected chi connectivity index (χ0v) is 18.3. The molecule has 1 heterocycles. The van der Waals surface area contributed by atoms with E-state index in [0.717, 1.165) is 14.9 Å². The molecule has 0 fully saturated rings. The minimum absolute atomic E-state index is 0.115. The van der Waals surface area contributed by atoms with E-state index < -0.39 is 10.0 Å². The van der Waals surface area contributed by atoms with E-state index in [0.29, 0.717) is 17.3 Å². The average Bonchev–Trinajstić information content (AvgIpc) is 3.18. The number of nitrogens with one attached hydrogen (secondary N) is 1. The first-order valence-corrected chi connectivity index (χ1v) is 11.4. The van der Waals surface area contributed by atoms with E-state index in [1.54, 1.807) is 17.5 Å². The fourth-order valence-electron chi connectivity index (χ4n) is 2.66. The Morgan fingerprint density at radius 3 is 2.41 bits per heavy atom. The molecule has 1 aromatic heterocycles. The van der Waals surface area contributed by atoms with Crippen LogP contribution in [-0.2, 0) is 10.0 Å². The van der Waals surface area contributed by atoms with Crippen LogP contribution in [0.3, 0.4) is 0 Å². The summed E-state index contributed by atoms with van der Waals surface area (Å²) >= 11 is 1.39. The predicted octanol–water partition coefficient (Wildman–Crippen LogP) is 4.44. The van der Waals surface area contributed by atoms with Gasteiger partial charge < -0.3 is 5.32 Å². The molecule has 0 aliphatic rings. The normalized spacial score (nSPS) is 11.8. The van der Waals surface area contributed by atoms with Crippen molar-refractivity contribution in [3.8, 4) is 10.6 Å². The first kappa shape index (κ1) is 21.2. The summed E-state index contributed by atoms with van der Waals surface area (Å²) in [6, 6.07) is 14.3. The SMILES string of the molecule is CC(C)c1ccc(-c2nc(C(=O)Nc3cccc(S(=O)(=O)N(C)C)c3)cs2)cc1. The quantitative estimate of drug-likeness (QED) is 0.628. The summed E-state index contributed by atoms with van der Waals surface area (Å²) < 4.78 is 25.7. The van der Waals surface area contributed by atoms with Crippen LogP contribution >= 0.6 is 11.3 Å². The standard InChI is InChI=1S/C21H23N3O3S2/c1-14(2)15-8-10-16(11-9-15)21-23-19(13-28-21)20(25)22-17-6-5-7-18(12-17)29(26,27)24(3)4/h5-14H,1-4H3,(H,22,25). The van der Waals surface area contributed by atoms with E-state index in [-0.39, 0.29) is 10.8 Å². The number of thiazole rings is 1. The van der Waals surface area contributed by atoms with Crippen LogP contribution in [0.5, 0.6) is 0 Å². The predicted molar refractivity (Wildman–Crippen MR) is 117 cm³/mol. The number of hydrogen-bond acceptors (Lipinski definition) is 5. The third kappa shape index (κ3) is 4.72. The molecule has 0 atom stereocenters. The largest absolute Gasteiger partial charge is 0.321 e. The Morgan fingerprint density at radius 1 is 1.10 bits per heavy atom. The van der Waals surface area contributed by atoms with Crippen LogP contribution < -0.4 is 5.32 Å². The molecule has 0 radical (unpaired) electrons. The van der Waals surface area contributed by atoms with Crippen LogP contribution in [0.15, 0.2) is 58.8 Å². The third-order valence-corrected chi connectivity index (χ3v) is 7.13. The van der Waals surface area contributed by atoms with Crippen molar-refractivity contribution in [1.29, 1.82) is 0 Å². The van der Waals surface area contributed by atoms with Gasteiger partial charge in [0.1, 0.15) is 10.7 Å². The summed E-state index contributed by atoms with van der Waals surface area (Å²) in [6.07, 6.45) is 0. The highest BCUT2D eigenvalue weighted by Gasteiger charge is 2.18. The molecule has 0 unspecified atom stereocenters. The maximum atomic E-state index is 12.6. The Hall–Kier alpha value is -2.55. The van der Waals surface area contributed by atoms with Crippen molar-refractivity contribution in [2.45, 2.75) is 24.7 Å². The zero-order chi connectivity index (χ0) is 21.2. The number of anilines is 1. The van der Waals surface area contributed by atoms with Crippen LogP contribution in [-0.4, -0.2) is 37.7 Å². The van der Waals surface area contributed by atoms with Crippen LogP contribution in [0, 0.1) is 0 Å². The number of nitrogens with zero attached hydrogens (tertiary/aromatic N) is 2. The molecule has 1 N–H and O–H groups in total. The van der Waals surface area contributed by atoms with Crippen molar-refractivity contribution in [3.63, 3.8) is 0 Å². The minimum Gasteiger partial charge on any atom is -0.321 e. The lowest BCUT2D eigenvalue weighted by molar-refractivity contribution is 0.102. The van der Waals surface area contributed by atoms with Gasteiger partial charge in [0.25, 0.3) is 5.91 Å². The summed E-state index contributed by atoms with van der Waals surface area (Å²) in [6.45, 7) is 4.28. The number of carbonyl (C=O) groups is 1. The monoisotopic (exact) mass is 429 g/mol. The smallest absolute Gasteiger partial charge is 0.275 e. The number of carbonyl (C=O) groups excluding carboxylic acids is 1. The lowest BCUT2D eigenvalue weighted by Gasteiger charge is -2.12. The number of aromatic nitrogens is 1. The van der Waals surface area contributed by atoms with Gasteiger partial charge in [0, 0.05) is 30.7 Å². The van der Waals surface area contributed by atoms with Gasteiger partial charge >= 0.3 is 0 Å². The molecule has 152 valence electrons. The van der Waals surface area contributed by atoms with E-state index in [4.69, 9.17) is 0 Å². The summed E-state index contributed by atoms with van der Waals surface area (Å²) in [5.41, 5.74) is 2.89. The van der Waals surface area contributed by atoms with Crippen LogP contribution in [0.2, 0.25) is 0 Å². The molecular weight excluding hydrogens is 406 g/mol. The van der Waals surface area contributed by atoms with E-state index in [9.17, 15) is 13.2 Å². The molecule has 0 saturated carbocycles. The molecule has 0 bridgehead atoms. The van der Waals surface area contributed by atoms with E-state index in [2.05, 4.69) is 36.3 Å². The van der Waals surface area contributed by atoms with Gasteiger partial charge in [-0.1, -0.05) is 44.2 Å². The zero-order valence-electron chi connectivity index (χ0n) is 16.7. The molecule has 29 heavy (non-hydrogen) atoms. The van der Waals surface area contributed by atoms with Crippen LogP contribution in [0.25, 0.3) is 10.6 Å². The van der Waals surface area contributed by atoms with Crippen LogP contribution in [0.4, 0.5) is 5.69 Å². The number of hydrogen-bond donors (Lipinski definition) is 1. The highest BCUT2D eigenvalue weighted by atomic mass is 32.2. The third-order valence-electron chi connectivity index (χ3n) is 4.43. The first-order valence-electron chi connectivity index (χ1n) is 9.08. The van der Waals surface area contributed by atoms with Crippen molar-refractivity contribution in [1.82, 2.24) is 9.29 Å². The summed E-state index contributed by atoms with van der Waals surface area (Å²) in [4.78, 5) is 17.1. The van der Waals surface area contributed by atoms with Gasteiger partial charge in [0.05, 0.1) is 4.90 Å². The van der Waals surface area contributed by atoms with Crippen LogP contribution in [0.1, 0.15) is 35.8 Å². The van der Waals surface area contributed by atoms with Gasteiger partial charge in [-0.2, -0.15) is 0 Å². The van der Waals surface area contributed by atoms with Gasteiger partial charge in [-0.15, -0.1) is 11.3 Å². The Kier molecular flexibility index (Phi) is 6.16. The van der Waals surface area contributed by atoms with Crippen molar-refractivity contribution < 1.29 is 13.2 Å². The second kappa shape index (κ2) is 8.44. The fourth-order valence-corrected chi connectivity index (χ4v) is 4.42. The second-order valence-electron chi connectivity index (χ2n) is 7.08. The Bertz CT molecular complexity index is 1120. The van der Waals surface area contributed by atoms with E-state index >= 15 is 0 Å². The lowest BCUT2D eigenvalue weighted by Crippen LogP contribution is -2.22.